The van der Waals surface area contributed by atoms with E-state index in [4.69, 9.17) is 0 Å². The van der Waals surface area contributed by atoms with Gasteiger partial charge in [0, 0.05) is 55.9 Å². The van der Waals surface area contributed by atoms with Crippen molar-refractivity contribution in [1.29, 1.82) is 0 Å². The number of aryl methyl sites for hydroxylation is 1. The fourth-order valence-corrected chi connectivity index (χ4v) is 3.38. The maximum Gasteiger partial charge on any atom is 0.254 e. The summed E-state index contributed by atoms with van der Waals surface area (Å²) in [4.78, 5) is 26.6. The van der Waals surface area contributed by atoms with Crippen molar-refractivity contribution in [2.24, 2.45) is 0 Å². The lowest BCUT2D eigenvalue weighted by Gasteiger charge is -2.23. The van der Waals surface area contributed by atoms with Gasteiger partial charge in [-0.1, -0.05) is 24.3 Å². The molecule has 0 radical (unpaired) electrons. The average molecular weight is 396 g/mol. The molecule has 3 aromatic rings. The first-order valence-electron chi connectivity index (χ1n) is 9.65. The number of carbonyl (C=O) groups excluding carboxylic acids is 2. The molecule has 0 spiro atoms. The smallest absolute Gasteiger partial charge is 0.254 e. The molecule has 2 aromatic carbocycles. The van der Waals surface area contributed by atoms with Gasteiger partial charge in [-0.3, -0.25) is 14.3 Å². The minimum absolute atomic E-state index is 0.0577. The van der Waals surface area contributed by atoms with Gasteiger partial charge in [0.1, 0.15) is 5.82 Å². The number of nitrogens with zero attached hydrogens (tertiary/aromatic N) is 3. The monoisotopic (exact) mass is 396 g/mol. The van der Waals surface area contributed by atoms with Gasteiger partial charge < -0.3 is 10.2 Å². The summed E-state index contributed by atoms with van der Waals surface area (Å²) in [5, 5.41) is 8.03. The van der Waals surface area contributed by atoms with E-state index in [1.807, 2.05) is 19.2 Å². The van der Waals surface area contributed by atoms with E-state index in [0.717, 1.165) is 0 Å². The van der Waals surface area contributed by atoms with Crippen LogP contribution in [0.25, 0.3) is 10.8 Å². The van der Waals surface area contributed by atoms with E-state index in [0.29, 0.717) is 42.3 Å². The van der Waals surface area contributed by atoms with Crippen molar-refractivity contribution in [2.45, 2.75) is 32.4 Å². The van der Waals surface area contributed by atoms with E-state index in [9.17, 15) is 14.0 Å². The Labute approximate surface area is 169 Å². The summed E-state index contributed by atoms with van der Waals surface area (Å²) in [6, 6.07) is 11.4. The maximum absolute atomic E-state index is 14.0. The molecule has 2 amide bonds. The largest absolute Gasteiger partial charge is 0.352 e. The van der Waals surface area contributed by atoms with Gasteiger partial charge in [-0.05, 0) is 36.9 Å². The molecule has 1 aromatic heterocycles. The molecule has 0 saturated heterocycles. The maximum atomic E-state index is 14.0. The van der Waals surface area contributed by atoms with Gasteiger partial charge in [-0.2, -0.15) is 5.10 Å². The predicted octanol–water partition coefficient (Wildman–Crippen LogP) is 3.23. The second-order valence-corrected chi connectivity index (χ2v) is 7.17. The van der Waals surface area contributed by atoms with Crippen LogP contribution in [0.15, 0.2) is 54.9 Å². The summed E-state index contributed by atoms with van der Waals surface area (Å²) in [6.07, 6.45) is 4.65. The molecule has 1 heterocycles. The summed E-state index contributed by atoms with van der Waals surface area (Å²) in [7, 11) is 1.68. The second-order valence-electron chi connectivity index (χ2n) is 7.17. The van der Waals surface area contributed by atoms with Crippen molar-refractivity contribution in [1.82, 2.24) is 20.0 Å². The number of hydrogen-bond acceptors (Lipinski definition) is 3. The normalized spacial score (nSPS) is 12.0. The summed E-state index contributed by atoms with van der Waals surface area (Å²) in [5.41, 5.74) is 0.447. The second kappa shape index (κ2) is 9.32. The molecule has 0 saturated carbocycles. The van der Waals surface area contributed by atoms with Crippen LogP contribution >= 0.6 is 0 Å². The molecule has 1 atom stereocenters. The van der Waals surface area contributed by atoms with Crippen LogP contribution in [0.2, 0.25) is 0 Å². The van der Waals surface area contributed by atoms with E-state index < -0.39 is 0 Å². The highest BCUT2D eigenvalue weighted by molar-refractivity contribution is 6.07. The summed E-state index contributed by atoms with van der Waals surface area (Å²) >= 11 is 0. The Hall–Kier alpha value is -3.22. The van der Waals surface area contributed by atoms with Gasteiger partial charge in [0.05, 0.1) is 0 Å². The molecular formula is C22H25FN4O2. The molecule has 6 nitrogen and oxygen atoms in total. The van der Waals surface area contributed by atoms with Crippen LogP contribution in [0.1, 0.15) is 30.1 Å². The standard InChI is InChI=1S/C22H25FN4O2/c1-16(25-21(28)9-5-13-27-14-6-12-24-27)15-26(2)22(29)19-10-11-20(23)18-8-4-3-7-17(18)19/h3-4,6-8,10-12,14,16H,5,9,13,15H2,1-2H3,(H,25,28). The lowest BCUT2D eigenvalue weighted by atomic mass is 10.0. The number of carbonyl (C=O) groups is 2. The van der Waals surface area contributed by atoms with Crippen LogP contribution in [0.4, 0.5) is 4.39 Å². The van der Waals surface area contributed by atoms with Crippen molar-refractivity contribution in [3.63, 3.8) is 0 Å². The van der Waals surface area contributed by atoms with Crippen molar-refractivity contribution in [2.75, 3.05) is 13.6 Å². The van der Waals surface area contributed by atoms with Crippen LogP contribution in [0, 0.1) is 5.82 Å². The van der Waals surface area contributed by atoms with Gasteiger partial charge in [0.2, 0.25) is 5.91 Å². The Kier molecular flexibility index (Phi) is 6.59. The van der Waals surface area contributed by atoms with Gasteiger partial charge in [-0.15, -0.1) is 0 Å². The first kappa shape index (κ1) is 20.5. The highest BCUT2D eigenvalue weighted by atomic mass is 19.1. The van der Waals surface area contributed by atoms with Gasteiger partial charge >= 0.3 is 0 Å². The lowest BCUT2D eigenvalue weighted by Crippen LogP contribution is -2.42. The number of fused-ring (bicyclic) bond motifs is 1. The third-order valence-electron chi connectivity index (χ3n) is 4.75. The minimum Gasteiger partial charge on any atom is -0.352 e. The van der Waals surface area contributed by atoms with E-state index >= 15 is 0 Å². The molecule has 1 N–H and O–H groups in total. The van der Waals surface area contributed by atoms with Crippen LogP contribution < -0.4 is 5.32 Å². The fraction of sp³-hybridized carbons (Fsp3) is 0.318. The molecule has 0 aliphatic rings. The number of halogens is 1. The van der Waals surface area contributed by atoms with E-state index in [1.54, 1.807) is 47.1 Å². The van der Waals surface area contributed by atoms with Crippen molar-refractivity contribution in [3.05, 3.63) is 66.2 Å². The average Bonchev–Trinajstić information content (AvgIpc) is 3.21. The van der Waals surface area contributed by atoms with E-state index in [2.05, 4.69) is 10.4 Å². The molecule has 29 heavy (non-hydrogen) atoms. The minimum atomic E-state index is -0.351. The van der Waals surface area contributed by atoms with Crippen molar-refractivity contribution < 1.29 is 14.0 Å². The van der Waals surface area contributed by atoms with Crippen LogP contribution in [0.3, 0.4) is 0 Å². The SMILES string of the molecule is CC(CN(C)C(=O)c1ccc(F)c2ccccc12)NC(=O)CCCn1cccn1. The number of benzene rings is 2. The molecule has 7 heteroatoms. The van der Waals surface area contributed by atoms with E-state index in [1.165, 1.54) is 12.1 Å². The molecule has 0 aliphatic heterocycles. The third-order valence-corrected chi connectivity index (χ3v) is 4.75. The third kappa shape index (κ3) is 5.19. The molecule has 0 bridgehead atoms. The fourth-order valence-electron chi connectivity index (χ4n) is 3.38. The number of nitrogens with one attached hydrogen (secondary N) is 1. The molecule has 0 aliphatic carbocycles. The van der Waals surface area contributed by atoms with E-state index in [-0.39, 0.29) is 23.7 Å². The molecule has 152 valence electrons. The first-order valence-corrected chi connectivity index (χ1v) is 9.65. The zero-order chi connectivity index (χ0) is 20.8. The Morgan fingerprint density at radius 1 is 1.17 bits per heavy atom. The predicted molar refractivity (Wildman–Crippen MR) is 110 cm³/mol. The van der Waals surface area contributed by atoms with Crippen molar-refractivity contribution in [3.8, 4) is 0 Å². The topological polar surface area (TPSA) is 67.2 Å². The van der Waals surface area contributed by atoms with Gasteiger partial charge in [-0.25, -0.2) is 4.39 Å². The lowest BCUT2D eigenvalue weighted by molar-refractivity contribution is -0.121. The molecule has 1 unspecified atom stereocenters. The summed E-state index contributed by atoms with van der Waals surface area (Å²) < 4.78 is 15.8. The van der Waals surface area contributed by atoms with Crippen LogP contribution in [0.5, 0.6) is 0 Å². The number of likely N-dealkylation sites (N-methyl/N-ethyl adjacent to an activating group) is 1. The summed E-state index contributed by atoms with van der Waals surface area (Å²) in [5.74, 6) is -0.616. The highest BCUT2D eigenvalue weighted by Gasteiger charge is 2.18. The summed E-state index contributed by atoms with van der Waals surface area (Å²) in [6.45, 7) is 2.90. The molecular weight excluding hydrogens is 371 g/mol. The number of rotatable bonds is 8. The van der Waals surface area contributed by atoms with Crippen LogP contribution in [-0.4, -0.2) is 46.1 Å². The number of amides is 2. The zero-order valence-electron chi connectivity index (χ0n) is 16.6. The van der Waals surface area contributed by atoms with Gasteiger partial charge in [0.15, 0.2) is 0 Å². The number of aromatic nitrogens is 2. The zero-order valence-corrected chi connectivity index (χ0v) is 16.6. The highest BCUT2D eigenvalue weighted by Crippen LogP contribution is 2.22. The van der Waals surface area contributed by atoms with Crippen molar-refractivity contribution >= 4 is 22.6 Å². The molecule has 3 rings (SSSR count). The Morgan fingerprint density at radius 2 is 1.93 bits per heavy atom. The van der Waals surface area contributed by atoms with Crippen LogP contribution in [-0.2, 0) is 11.3 Å². The Balaban J connectivity index is 1.54. The first-order chi connectivity index (χ1) is 14.0. The Morgan fingerprint density at radius 3 is 2.66 bits per heavy atom. The quantitative estimate of drug-likeness (QED) is 0.636. The Bertz CT molecular complexity index is 988. The number of hydrogen-bond donors (Lipinski definition) is 1. The van der Waals surface area contributed by atoms with Gasteiger partial charge in [0.25, 0.3) is 5.91 Å². The molecule has 0 fully saturated rings.